The van der Waals surface area contributed by atoms with Crippen LogP contribution in [0.5, 0.6) is 0 Å². The SMILES string of the molecule is C.C.C.C.CC(C)(C)C(=O)Cl.CC(C)(C)C(=O)Cl.CC(C)(C)C1Cc2ccc([N+](=O)[O-])cc2N1.CC(C)(C)C1Cc2ccccc2N1.CC(C)(C)c1cc2ccc(N)cc2[nH]1.CC(C)(C)c1cc2ccc([N+](=O)[O-])cc2[nH]1.CC(C)(C)c1cc2ccccc2[nH]1.Cc1ccccc1N.Cc1ccccc1N.Cc1ccccc1NC(=O)C(C)(C)C.Cc1ccccc1NC(=O)C(C)(C)C.[CH2-]CCC.[Li+]. The van der Waals surface area contributed by atoms with Gasteiger partial charge in [-0.3, -0.25) is 39.4 Å². The van der Waals surface area contributed by atoms with Crippen LogP contribution < -0.4 is 57.3 Å². The number of nitro benzene ring substituents is 2. The second-order valence-electron chi connectivity index (χ2n) is 43.2. The molecule has 2 aliphatic rings. The third-order valence-corrected chi connectivity index (χ3v) is 22.5. The maximum absolute atomic E-state index is 11.7. The number of aromatic nitrogens is 3. The number of nitrogen functional groups attached to an aromatic ring is 3. The number of rotatable bonds is 5. The molecular weight excluding hydrogens is 1770 g/mol. The summed E-state index contributed by atoms with van der Waals surface area (Å²) in [4.78, 5) is 74.4. The molecule has 2 atom stereocenters. The first-order chi connectivity index (χ1) is 61.6. The summed E-state index contributed by atoms with van der Waals surface area (Å²) in [5.41, 5.74) is 37.0. The molecule has 0 spiro atoms. The molecule has 9 aromatic carbocycles. The summed E-state index contributed by atoms with van der Waals surface area (Å²) in [7, 11) is 0. The van der Waals surface area contributed by atoms with E-state index in [4.69, 9.17) is 40.4 Å². The molecule has 3 aromatic heterocycles. The molecule has 23 heteroatoms. The predicted octanol–water partition coefficient (Wildman–Crippen LogP) is 29.8. The Morgan fingerprint density at radius 2 is 0.676 bits per heavy atom. The average Bonchev–Trinajstić information content (AvgIpc) is 1.63. The van der Waals surface area contributed by atoms with Crippen molar-refractivity contribution in [1.82, 2.24) is 15.0 Å². The van der Waals surface area contributed by atoms with Gasteiger partial charge in [0.15, 0.2) is 0 Å². The number of aromatic amines is 3. The monoisotopic (exact) mass is 1940 g/mol. The number of halogens is 2. The number of para-hydroxylation sites is 6. The first-order valence-corrected chi connectivity index (χ1v) is 46.5. The number of hydrogen-bond acceptors (Lipinski definition) is 13. The van der Waals surface area contributed by atoms with Crippen molar-refractivity contribution in [3.63, 3.8) is 0 Å². The zero-order valence-electron chi connectivity index (χ0n) is 87.1. The number of nitrogens with one attached hydrogen (secondary N) is 7. The van der Waals surface area contributed by atoms with E-state index in [1.165, 1.54) is 63.4 Å². The second-order valence-corrected chi connectivity index (χ2v) is 43.9. The van der Waals surface area contributed by atoms with Crippen LogP contribution in [0.1, 0.15) is 287 Å². The summed E-state index contributed by atoms with van der Waals surface area (Å²) in [6.07, 6.45) is 4.39. The number of hydrogen-bond donors (Lipinski definition) is 10. The van der Waals surface area contributed by atoms with Crippen molar-refractivity contribution < 1.29 is 47.9 Å². The van der Waals surface area contributed by atoms with Crippen LogP contribution in [-0.4, -0.2) is 59.2 Å². The number of amides is 2. The Kier molecular flexibility index (Phi) is 55.2. The maximum atomic E-state index is 11.7. The van der Waals surface area contributed by atoms with Gasteiger partial charge in [0.05, 0.1) is 15.4 Å². The molecule has 14 rings (SSSR count). The molecule has 2 aliphatic heterocycles. The van der Waals surface area contributed by atoms with Gasteiger partial charge >= 0.3 is 18.9 Å². The fraction of sp³-hybridized carbons (Fsp3) is 0.440. The van der Waals surface area contributed by atoms with Crippen LogP contribution in [-0.2, 0) is 48.3 Å². The topological polar surface area (TPSA) is 328 Å². The maximum Gasteiger partial charge on any atom is 1.00 e. The molecule has 760 valence electrons. The van der Waals surface area contributed by atoms with Crippen LogP contribution in [0.4, 0.5) is 51.2 Å². The van der Waals surface area contributed by atoms with Crippen LogP contribution in [0.25, 0.3) is 32.7 Å². The Labute approximate surface area is 858 Å². The molecule has 0 bridgehead atoms. The standard InChI is InChI=1S/C12H16N2O2.C12H14N2O2.C12H16N2.2C12H17NO.C12H17N.C12H15N.2C7H9N.2C5H9ClO.C4H9.4CH4.Li/c2*1-12(2,3)11-6-8-4-5-9(14(15)16)7-10(8)13-11;1-12(2,3)11-6-8-4-5-9(13)7-10(8)14-11;2*1-9-7-5-6-8-10(9)13-11(14)12(2,3)4;2*1-12(2,3)11-8-9-6-4-5-7-10(9)13-11;2*1-6-4-2-3-5-7(6)8;2*1-5(2,3)4(6)7;1-3-4-2;;;;;/h4-5,7,11,13H,6H2,1-3H3;4-7,13H,1-3H3;4-7,14H,13H2,1-3H3;2*5-8H,1-4H3,(H,13,14);4-7,11,13H,8H2,1-3H3;4-8,13H,1-3H3;2*2-5H,8H2,1H3;2*1-3H3;1,3-4H2,2H3;4*1H4;/q;;;;;;;;;;;-1;;;;;+1. The number of nitro groups is 2. The minimum atomic E-state index is -0.378. The Morgan fingerprint density at radius 1 is 0.381 bits per heavy atom. The quantitative estimate of drug-likeness (QED) is 0.0192. The fourth-order valence-electron chi connectivity index (χ4n) is 11.7. The van der Waals surface area contributed by atoms with Crippen LogP contribution in [0.15, 0.2) is 218 Å². The van der Waals surface area contributed by atoms with Crippen LogP contribution >= 0.6 is 23.2 Å². The number of carbonyl (C=O) groups is 4. The normalized spacial score (nSPS) is 12.6. The van der Waals surface area contributed by atoms with Crippen molar-refractivity contribution >= 4 is 129 Å². The molecular formula is C116H173Cl2LiN12O8. The number of aryl methyl sites for hydroxylation is 4. The number of nitrogens with zero attached hydrogens (tertiary/aromatic N) is 2. The molecule has 13 N–H and O–H groups in total. The zero-order valence-corrected chi connectivity index (χ0v) is 88.6. The minimum absolute atomic E-state index is 0. The number of benzene rings is 9. The van der Waals surface area contributed by atoms with E-state index in [1.807, 2.05) is 191 Å². The molecule has 5 heterocycles. The number of non-ortho nitro benzene ring substituents is 2. The van der Waals surface area contributed by atoms with Gasteiger partial charge in [-0.2, -0.15) is 6.42 Å². The Hall–Kier alpha value is -11.1. The van der Waals surface area contributed by atoms with Gasteiger partial charge in [-0.25, -0.2) is 0 Å². The summed E-state index contributed by atoms with van der Waals surface area (Å²) >= 11 is 10.2. The molecule has 0 fully saturated rings. The number of fused-ring (bicyclic) bond motifs is 5. The minimum Gasteiger partial charge on any atom is -0.399 e. The van der Waals surface area contributed by atoms with E-state index in [9.17, 15) is 39.4 Å². The average molecular weight is 1940 g/mol. The van der Waals surface area contributed by atoms with Gasteiger partial charge < -0.3 is 60.3 Å². The third-order valence-electron chi connectivity index (χ3n) is 21.4. The summed E-state index contributed by atoms with van der Waals surface area (Å²) < 4.78 is 0. The summed E-state index contributed by atoms with van der Waals surface area (Å²) in [6, 6.07) is 71.5. The van der Waals surface area contributed by atoms with Gasteiger partial charge in [-0.1, -0.05) is 351 Å². The van der Waals surface area contributed by atoms with Gasteiger partial charge in [0.1, 0.15) is 0 Å². The van der Waals surface area contributed by atoms with Gasteiger partial charge in [-0.15, -0.1) is 0 Å². The molecule has 12 aromatic rings. The van der Waals surface area contributed by atoms with E-state index in [0.29, 0.717) is 17.5 Å². The number of anilines is 7. The van der Waals surface area contributed by atoms with E-state index in [0.717, 1.165) is 91.3 Å². The van der Waals surface area contributed by atoms with E-state index in [2.05, 4.69) is 221 Å². The van der Waals surface area contributed by atoms with Gasteiger partial charge in [0, 0.05) is 148 Å². The fourth-order valence-corrected chi connectivity index (χ4v) is 11.7. The van der Waals surface area contributed by atoms with Crippen LogP contribution in [0.3, 0.4) is 0 Å². The van der Waals surface area contributed by atoms with Crippen molar-refractivity contribution in [2.24, 2.45) is 32.5 Å². The van der Waals surface area contributed by atoms with Crippen LogP contribution in [0.2, 0.25) is 0 Å². The zero-order chi connectivity index (χ0) is 102. The number of unbranched alkanes of at least 4 members (excludes halogenated alkanes) is 1. The van der Waals surface area contributed by atoms with Crippen molar-refractivity contribution in [1.29, 1.82) is 0 Å². The number of H-pyrrole nitrogens is 3. The summed E-state index contributed by atoms with van der Waals surface area (Å²) in [5, 5.41) is 37.0. The number of carbonyl (C=O) groups excluding carboxylic acids is 4. The van der Waals surface area contributed by atoms with Gasteiger partial charge in [0.2, 0.25) is 22.3 Å². The Balaban J connectivity index is -0.00000147. The first kappa shape index (κ1) is 132. The van der Waals surface area contributed by atoms with Crippen molar-refractivity contribution in [3.8, 4) is 0 Å². The molecule has 0 saturated heterocycles. The van der Waals surface area contributed by atoms with E-state index in [-0.39, 0.29) is 135 Å². The van der Waals surface area contributed by atoms with Crippen molar-refractivity contribution in [3.05, 3.63) is 296 Å². The van der Waals surface area contributed by atoms with E-state index in [1.54, 1.807) is 65.8 Å². The van der Waals surface area contributed by atoms with Crippen molar-refractivity contribution in [2.75, 3.05) is 38.5 Å². The summed E-state index contributed by atoms with van der Waals surface area (Å²) in [5.74, 6) is 0.0959. The second kappa shape index (κ2) is 58.2. The van der Waals surface area contributed by atoms with Gasteiger partial charge in [-0.05, 0) is 192 Å². The third kappa shape index (κ3) is 47.1. The van der Waals surface area contributed by atoms with Crippen molar-refractivity contribution in [2.45, 2.75) is 305 Å². The van der Waals surface area contributed by atoms with E-state index >= 15 is 0 Å². The number of nitrogens with two attached hydrogens (primary N) is 3. The van der Waals surface area contributed by atoms with Crippen LogP contribution in [0, 0.1) is 87.3 Å². The molecule has 139 heavy (non-hydrogen) atoms. The largest absolute Gasteiger partial charge is 1.00 e. The molecule has 2 amide bonds. The molecule has 0 radical (unpaired) electrons. The molecule has 2 unspecified atom stereocenters. The predicted molar refractivity (Wildman–Crippen MR) is 600 cm³/mol. The summed E-state index contributed by atoms with van der Waals surface area (Å²) in [6.45, 7) is 68.7. The first-order valence-electron chi connectivity index (χ1n) is 45.8. The van der Waals surface area contributed by atoms with E-state index < -0.39 is 0 Å². The smallest absolute Gasteiger partial charge is 0.399 e. The van der Waals surface area contributed by atoms with Gasteiger partial charge in [0.25, 0.3) is 11.4 Å². The molecule has 20 nitrogen and oxygen atoms in total. The molecule has 0 saturated carbocycles. The Bertz CT molecular complexity index is 5530. The molecule has 0 aliphatic carbocycles. The Morgan fingerprint density at radius 3 is 0.993 bits per heavy atom.